The first-order valence-electron chi connectivity index (χ1n) is 9.80. The van der Waals surface area contributed by atoms with E-state index < -0.39 is 6.10 Å². The van der Waals surface area contributed by atoms with Gasteiger partial charge in [0, 0.05) is 37.7 Å². The number of aryl methyl sites for hydroxylation is 2. The molecule has 5 heteroatoms. The van der Waals surface area contributed by atoms with E-state index in [4.69, 9.17) is 14.2 Å². The first-order valence-corrected chi connectivity index (χ1v) is 9.80. The highest BCUT2D eigenvalue weighted by atomic mass is 16.5. The summed E-state index contributed by atoms with van der Waals surface area (Å²) >= 11 is 0. The lowest BCUT2D eigenvalue weighted by Gasteiger charge is -2.57. The number of rotatable bonds is 4. The summed E-state index contributed by atoms with van der Waals surface area (Å²) in [5.41, 5.74) is 3.61. The van der Waals surface area contributed by atoms with Gasteiger partial charge in [0.15, 0.2) is 6.10 Å². The van der Waals surface area contributed by atoms with Crippen LogP contribution in [0.5, 0.6) is 5.75 Å². The van der Waals surface area contributed by atoms with E-state index in [1.54, 1.807) is 0 Å². The summed E-state index contributed by atoms with van der Waals surface area (Å²) < 4.78 is 17.5. The summed E-state index contributed by atoms with van der Waals surface area (Å²) in [5.74, 6) is 0.858. The van der Waals surface area contributed by atoms with Crippen molar-refractivity contribution < 1.29 is 19.0 Å². The summed E-state index contributed by atoms with van der Waals surface area (Å²) in [6, 6.07) is 4.35. The second-order valence-electron chi connectivity index (χ2n) is 7.94. The normalized spacial score (nSPS) is 29.0. The zero-order valence-corrected chi connectivity index (χ0v) is 16.0. The molecular weight excluding hydrogens is 330 g/mol. The molecule has 1 amide bonds. The molecule has 1 aliphatic carbocycles. The van der Waals surface area contributed by atoms with Crippen LogP contribution < -0.4 is 10.1 Å². The molecule has 0 radical (unpaired) electrons. The third kappa shape index (κ3) is 2.91. The highest BCUT2D eigenvalue weighted by Gasteiger charge is 2.57. The number of benzene rings is 1. The largest absolute Gasteiger partial charge is 0.480 e. The van der Waals surface area contributed by atoms with Crippen LogP contribution in [0.1, 0.15) is 42.9 Å². The van der Waals surface area contributed by atoms with Crippen molar-refractivity contribution in [1.82, 2.24) is 5.32 Å². The molecule has 142 valence electrons. The smallest absolute Gasteiger partial charge is 0.261 e. The predicted octanol–water partition coefficient (Wildman–Crippen LogP) is 2.70. The second kappa shape index (κ2) is 6.86. The molecule has 0 aromatic heterocycles. The van der Waals surface area contributed by atoms with Crippen LogP contribution in [0.25, 0.3) is 0 Å². The second-order valence-corrected chi connectivity index (χ2v) is 7.94. The monoisotopic (exact) mass is 359 g/mol. The van der Waals surface area contributed by atoms with Crippen LogP contribution in [-0.4, -0.2) is 44.0 Å². The number of amides is 1. The first-order chi connectivity index (χ1) is 12.5. The zero-order chi connectivity index (χ0) is 18.3. The number of carbonyl (C=O) groups excluding carboxylic acids is 1. The van der Waals surface area contributed by atoms with Crippen molar-refractivity contribution >= 4 is 5.91 Å². The van der Waals surface area contributed by atoms with Crippen molar-refractivity contribution in [2.24, 2.45) is 5.41 Å². The van der Waals surface area contributed by atoms with Gasteiger partial charge in [-0.25, -0.2) is 0 Å². The lowest BCUT2D eigenvalue weighted by Crippen LogP contribution is -2.67. The van der Waals surface area contributed by atoms with Crippen molar-refractivity contribution in [3.8, 4) is 5.75 Å². The van der Waals surface area contributed by atoms with Crippen LogP contribution in [0.4, 0.5) is 0 Å². The molecule has 1 aromatic rings. The average molecular weight is 359 g/mol. The molecule has 2 fully saturated rings. The van der Waals surface area contributed by atoms with Gasteiger partial charge in [-0.15, -0.1) is 0 Å². The Labute approximate surface area is 155 Å². The molecule has 3 atom stereocenters. The van der Waals surface area contributed by atoms with Crippen LogP contribution in [-0.2, 0) is 20.7 Å². The molecule has 4 rings (SSSR count). The number of hydrogen-bond acceptors (Lipinski definition) is 4. The molecule has 1 saturated carbocycles. The van der Waals surface area contributed by atoms with Gasteiger partial charge in [0.05, 0.1) is 6.10 Å². The fourth-order valence-corrected chi connectivity index (χ4v) is 4.73. The zero-order valence-electron chi connectivity index (χ0n) is 16.0. The Morgan fingerprint density at radius 2 is 2.00 bits per heavy atom. The van der Waals surface area contributed by atoms with Gasteiger partial charge in [-0.3, -0.25) is 4.79 Å². The summed E-state index contributed by atoms with van der Waals surface area (Å²) in [6.45, 7) is 8.42. The minimum atomic E-state index is -0.422. The molecule has 3 aliphatic rings. The molecule has 5 nitrogen and oxygen atoms in total. The summed E-state index contributed by atoms with van der Waals surface area (Å²) in [7, 11) is 0. The number of carbonyl (C=O) groups is 1. The van der Waals surface area contributed by atoms with Gasteiger partial charge >= 0.3 is 0 Å². The minimum Gasteiger partial charge on any atom is -0.480 e. The number of ether oxygens (including phenoxy) is 3. The van der Waals surface area contributed by atoms with E-state index in [0.29, 0.717) is 13.0 Å². The Morgan fingerprint density at radius 1 is 1.27 bits per heavy atom. The standard InChI is InChI=1S/C21H29NO4/c1-4-25-19-12-18(21(19)5-7-24-8-6-21)22-20(23)17-11-15-9-13(2)14(3)10-16(15)26-17/h9-10,17-19H,4-8,11-12H2,1-3H3,(H,22,23). The molecule has 3 unspecified atom stereocenters. The lowest BCUT2D eigenvalue weighted by atomic mass is 9.57. The SMILES string of the molecule is CCOC1CC(NC(=O)C2Cc3cc(C)c(C)cc3O2)C12CCOCC2. The Bertz CT molecular complexity index is 664. The number of hydrogen-bond donors (Lipinski definition) is 1. The molecule has 0 bridgehead atoms. The molecule has 1 saturated heterocycles. The Hall–Kier alpha value is -1.59. The van der Waals surface area contributed by atoms with Crippen molar-refractivity contribution in [3.05, 3.63) is 28.8 Å². The van der Waals surface area contributed by atoms with Gasteiger partial charge in [-0.05, 0) is 62.8 Å². The van der Waals surface area contributed by atoms with E-state index in [9.17, 15) is 4.79 Å². The maximum absolute atomic E-state index is 12.9. The van der Waals surface area contributed by atoms with Gasteiger partial charge in [-0.2, -0.15) is 0 Å². The van der Waals surface area contributed by atoms with E-state index in [2.05, 4.69) is 25.2 Å². The third-order valence-corrected chi connectivity index (χ3v) is 6.54. The van der Waals surface area contributed by atoms with Crippen LogP contribution in [0.15, 0.2) is 12.1 Å². The molecule has 26 heavy (non-hydrogen) atoms. The van der Waals surface area contributed by atoms with Crippen molar-refractivity contribution in [3.63, 3.8) is 0 Å². The van der Waals surface area contributed by atoms with Crippen LogP contribution in [0.2, 0.25) is 0 Å². The van der Waals surface area contributed by atoms with Gasteiger partial charge < -0.3 is 19.5 Å². The van der Waals surface area contributed by atoms with Gasteiger partial charge in [0.25, 0.3) is 5.91 Å². The summed E-state index contributed by atoms with van der Waals surface area (Å²) in [5, 5.41) is 3.27. The molecule has 1 spiro atoms. The van der Waals surface area contributed by atoms with E-state index in [-0.39, 0.29) is 23.5 Å². The number of nitrogens with one attached hydrogen (secondary N) is 1. The van der Waals surface area contributed by atoms with Gasteiger partial charge in [0.1, 0.15) is 5.75 Å². The van der Waals surface area contributed by atoms with E-state index in [1.807, 2.05) is 13.0 Å². The van der Waals surface area contributed by atoms with Crippen molar-refractivity contribution in [2.75, 3.05) is 19.8 Å². The maximum atomic E-state index is 12.9. The number of fused-ring (bicyclic) bond motifs is 1. The summed E-state index contributed by atoms with van der Waals surface area (Å²) in [4.78, 5) is 12.9. The molecule has 1 N–H and O–H groups in total. The fraction of sp³-hybridized carbons (Fsp3) is 0.667. The maximum Gasteiger partial charge on any atom is 0.261 e. The van der Waals surface area contributed by atoms with E-state index >= 15 is 0 Å². The molecular formula is C21H29NO4. The topological polar surface area (TPSA) is 56.8 Å². The van der Waals surface area contributed by atoms with Gasteiger partial charge in [-0.1, -0.05) is 6.07 Å². The van der Waals surface area contributed by atoms with Crippen molar-refractivity contribution in [1.29, 1.82) is 0 Å². The first kappa shape index (κ1) is 17.8. The van der Waals surface area contributed by atoms with Crippen molar-refractivity contribution in [2.45, 2.75) is 64.7 Å². The molecule has 2 aliphatic heterocycles. The molecule has 2 heterocycles. The fourth-order valence-electron chi connectivity index (χ4n) is 4.73. The quantitative estimate of drug-likeness (QED) is 0.898. The third-order valence-electron chi connectivity index (χ3n) is 6.54. The van der Waals surface area contributed by atoms with Gasteiger partial charge in [0.2, 0.25) is 0 Å². The van der Waals surface area contributed by atoms with E-state index in [1.165, 1.54) is 11.1 Å². The Balaban J connectivity index is 1.42. The van der Waals surface area contributed by atoms with Crippen LogP contribution in [0.3, 0.4) is 0 Å². The Morgan fingerprint density at radius 3 is 2.73 bits per heavy atom. The highest BCUT2D eigenvalue weighted by molar-refractivity contribution is 5.83. The Kier molecular flexibility index (Phi) is 4.70. The minimum absolute atomic E-state index is 0.00215. The van der Waals surface area contributed by atoms with Crippen LogP contribution >= 0.6 is 0 Å². The van der Waals surface area contributed by atoms with E-state index in [0.717, 1.165) is 43.8 Å². The van der Waals surface area contributed by atoms with Crippen LogP contribution in [0, 0.1) is 19.3 Å². The predicted molar refractivity (Wildman–Crippen MR) is 98.5 cm³/mol. The lowest BCUT2D eigenvalue weighted by molar-refractivity contribution is -0.177. The molecule has 1 aromatic carbocycles. The average Bonchev–Trinajstić information content (AvgIpc) is 3.04. The highest BCUT2D eigenvalue weighted by Crippen LogP contribution is 2.50. The summed E-state index contributed by atoms with van der Waals surface area (Å²) in [6.07, 6.45) is 3.25.